The lowest BCUT2D eigenvalue weighted by Crippen LogP contribution is -2.26. The predicted octanol–water partition coefficient (Wildman–Crippen LogP) is 0.981. The normalized spacial score (nSPS) is 11.1. The number of carbonyl (C=O) groups excluding carboxylic acids is 1. The third kappa shape index (κ3) is 5.05. The number of carbonyl (C=O) groups is 1. The van der Waals surface area contributed by atoms with E-state index in [-0.39, 0.29) is 18.6 Å². The number of rotatable bonds is 7. The van der Waals surface area contributed by atoms with Gasteiger partial charge in [-0.2, -0.15) is 0 Å². The molecule has 5 heteroatoms. The number of aliphatic hydroxyl groups is 1. The van der Waals surface area contributed by atoms with Crippen LogP contribution in [0.5, 0.6) is 5.75 Å². The lowest BCUT2D eigenvalue weighted by atomic mass is 9.95. The molecule has 0 spiro atoms. The van der Waals surface area contributed by atoms with Crippen molar-refractivity contribution in [1.82, 2.24) is 0 Å². The van der Waals surface area contributed by atoms with Crippen molar-refractivity contribution in [1.29, 1.82) is 0 Å². The molecule has 0 unspecified atom stereocenters. The van der Waals surface area contributed by atoms with Crippen LogP contribution in [0.1, 0.15) is 13.8 Å². The standard InChI is InChI=1S/C13H20N2O3/c1-13(2,9-16)8-15-10-4-3-5-11(6-10)18-7-12(14)17/h3-6,15-16H,7-9H2,1-2H3,(H2,14,17). The van der Waals surface area contributed by atoms with E-state index in [1.807, 2.05) is 26.0 Å². The van der Waals surface area contributed by atoms with Gasteiger partial charge in [0.15, 0.2) is 6.61 Å². The summed E-state index contributed by atoms with van der Waals surface area (Å²) in [5.74, 6) is 0.0791. The smallest absolute Gasteiger partial charge is 0.255 e. The quantitative estimate of drug-likeness (QED) is 0.675. The molecule has 0 saturated heterocycles. The first-order chi connectivity index (χ1) is 8.43. The first-order valence-electron chi connectivity index (χ1n) is 5.79. The highest BCUT2D eigenvalue weighted by Crippen LogP contribution is 2.20. The molecule has 0 radical (unpaired) electrons. The predicted molar refractivity (Wildman–Crippen MR) is 70.5 cm³/mol. The second-order valence-corrected chi connectivity index (χ2v) is 4.96. The molecule has 0 heterocycles. The maximum Gasteiger partial charge on any atom is 0.255 e. The Kier molecular flexibility index (Phi) is 4.97. The van der Waals surface area contributed by atoms with Crippen molar-refractivity contribution in [3.63, 3.8) is 0 Å². The van der Waals surface area contributed by atoms with Gasteiger partial charge in [0.25, 0.3) is 5.91 Å². The number of hydrogen-bond acceptors (Lipinski definition) is 4. The van der Waals surface area contributed by atoms with Crippen LogP contribution >= 0.6 is 0 Å². The first-order valence-corrected chi connectivity index (χ1v) is 5.79. The van der Waals surface area contributed by atoms with Crippen LogP contribution < -0.4 is 15.8 Å². The molecule has 1 aromatic rings. The zero-order valence-corrected chi connectivity index (χ0v) is 10.8. The number of nitrogens with one attached hydrogen (secondary N) is 1. The molecule has 0 fully saturated rings. The van der Waals surface area contributed by atoms with Crippen molar-refractivity contribution in [2.45, 2.75) is 13.8 Å². The number of nitrogens with two attached hydrogens (primary N) is 1. The summed E-state index contributed by atoms with van der Waals surface area (Å²) in [5, 5.41) is 12.4. The monoisotopic (exact) mass is 252 g/mol. The molecule has 0 atom stereocenters. The van der Waals surface area contributed by atoms with E-state index in [2.05, 4.69) is 5.32 Å². The van der Waals surface area contributed by atoms with Gasteiger partial charge in [-0.3, -0.25) is 4.79 Å². The van der Waals surface area contributed by atoms with Crippen molar-refractivity contribution in [2.75, 3.05) is 25.1 Å². The molecule has 5 nitrogen and oxygen atoms in total. The third-order valence-corrected chi connectivity index (χ3v) is 2.41. The van der Waals surface area contributed by atoms with Crippen molar-refractivity contribution in [3.05, 3.63) is 24.3 Å². The number of primary amides is 1. The highest BCUT2D eigenvalue weighted by atomic mass is 16.5. The van der Waals surface area contributed by atoms with E-state index in [9.17, 15) is 4.79 Å². The summed E-state index contributed by atoms with van der Waals surface area (Å²) in [6.07, 6.45) is 0. The minimum absolute atomic E-state index is 0.109. The van der Waals surface area contributed by atoms with E-state index in [1.165, 1.54) is 0 Å². The van der Waals surface area contributed by atoms with E-state index in [0.717, 1.165) is 5.69 Å². The average Bonchev–Trinajstić information content (AvgIpc) is 2.35. The maximum atomic E-state index is 10.6. The molecule has 1 aromatic carbocycles. The van der Waals surface area contributed by atoms with Gasteiger partial charge in [-0.25, -0.2) is 0 Å². The van der Waals surface area contributed by atoms with Gasteiger partial charge in [0.2, 0.25) is 0 Å². The molecule has 0 aromatic heterocycles. The van der Waals surface area contributed by atoms with Crippen LogP contribution in [0.2, 0.25) is 0 Å². The Labute approximate surface area is 107 Å². The Morgan fingerprint density at radius 3 is 2.83 bits per heavy atom. The van der Waals surface area contributed by atoms with Crippen molar-refractivity contribution < 1.29 is 14.6 Å². The summed E-state index contributed by atoms with van der Waals surface area (Å²) in [5.41, 5.74) is 5.69. The van der Waals surface area contributed by atoms with Crippen molar-refractivity contribution >= 4 is 11.6 Å². The van der Waals surface area contributed by atoms with Crippen LogP contribution in [-0.2, 0) is 4.79 Å². The van der Waals surface area contributed by atoms with E-state index < -0.39 is 5.91 Å². The summed E-state index contributed by atoms with van der Waals surface area (Å²) in [6, 6.07) is 7.26. The Morgan fingerprint density at radius 1 is 1.50 bits per heavy atom. The van der Waals surface area contributed by atoms with Gasteiger partial charge >= 0.3 is 0 Å². The van der Waals surface area contributed by atoms with E-state index in [4.69, 9.17) is 15.6 Å². The van der Waals surface area contributed by atoms with E-state index >= 15 is 0 Å². The lowest BCUT2D eigenvalue weighted by Gasteiger charge is -2.22. The zero-order chi connectivity index (χ0) is 13.6. The molecule has 1 amide bonds. The van der Waals surface area contributed by atoms with Crippen molar-refractivity contribution in [3.8, 4) is 5.75 Å². The molecule has 100 valence electrons. The third-order valence-electron chi connectivity index (χ3n) is 2.41. The maximum absolute atomic E-state index is 10.6. The topological polar surface area (TPSA) is 84.6 Å². The molecule has 0 aliphatic rings. The highest BCUT2D eigenvalue weighted by molar-refractivity contribution is 5.75. The summed E-state index contributed by atoms with van der Waals surface area (Å²) >= 11 is 0. The molecule has 18 heavy (non-hydrogen) atoms. The fourth-order valence-electron chi connectivity index (χ4n) is 1.25. The second kappa shape index (κ2) is 6.26. The lowest BCUT2D eigenvalue weighted by molar-refractivity contribution is -0.119. The van der Waals surface area contributed by atoms with Gasteiger partial charge in [0, 0.05) is 30.3 Å². The number of benzene rings is 1. The summed E-state index contributed by atoms with van der Waals surface area (Å²) in [7, 11) is 0. The van der Waals surface area contributed by atoms with Crippen LogP contribution in [0, 0.1) is 5.41 Å². The number of anilines is 1. The molecule has 4 N–H and O–H groups in total. The fraction of sp³-hybridized carbons (Fsp3) is 0.462. The minimum Gasteiger partial charge on any atom is -0.484 e. The summed E-state index contributed by atoms with van der Waals surface area (Å²) in [6.45, 7) is 4.55. The van der Waals surface area contributed by atoms with Crippen LogP contribution in [-0.4, -0.2) is 30.8 Å². The van der Waals surface area contributed by atoms with Crippen LogP contribution in [0.3, 0.4) is 0 Å². The minimum atomic E-state index is -0.505. The van der Waals surface area contributed by atoms with Gasteiger partial charge in [-0.15, -0.1) is 0 Å². The Bertz CT molecular complexity index is 405. The molecule has 0 aliphatic heterocycles. The highest BCUT2D eigenvalue weighted by Gasteiger charge is 2.15. The second-order valence-electron chi connectivity index (χ2n) is 4.96. The average molecular weight is 252 g/mol. The zero-order valence-electron chi connectivity index (χ0n) is 10.8. The number of aliphatic hydroxyl groups excluding tert-OH is 1. The molecular formula is C13H20N2O3. The van der Waals surface area contributed by atoms with Crippen LogP contribution in [0.25, 0.3) is 0 Å². The number of hydrogen-bond donors (Lipinski definition) is 3. The van der Waals surface area contributed by atoms with E-state index in [1.54, 1.807) is 12.1 Å². The van der Waals surface area contributed by atoms with Crippen LogP contribution in [0.4, 0.5) is 5.69 Å². The Balaban J connectivity index is 2.56. The SMILES string of the molecule is CC(C)(CO)CNc1cccc(OCC(N)=O)c1. The van der Waals surface area contributed by atoms with Gasteiger partial charge in [0.05, 0.1) is 0 Å². The number of ether oxygens (including phenoxy) is 1. The fourth-order valence-corrected chi connectivity index (χ4v) is 1.25. The van der Waals surface area contributed by atoms with Gasteiger partial charge in [0.1, 0.15) is 5.75 Å². The van der Waals surface area contributed by atoms with Gasteiger partial charge in [-0.1, -0.05) is 19.9 Å². The van der Waals surface area contributed by atoms with Gasteiger partial charge in [-0.05, 0) is 12.1 Å². The molecular weight excluding hydrogens is 232 g/mol. The molecule has 0 bridgehead atoms. The molecule has 0 aliphatic carbocycles. The first kappa shape index (κ1) is 14.3. The van der Waals surface area contributed by atoms with Crippen LogP contribution in [0.15, 0.2) is 24.3 Å². The van der Waals surface area contributed by atoms with Crippen molar-refractivity contribution in [2.24, 2.45) is 11.1 Å². The summed E-state index contributed by atoms with van der Waals surface area (Å²) in [4.78, 5) is 10.6. The molecule has 1 rings (SSSR count). The largest absolute Gasteiger partial charge is 0.484 e. The number of amides is 1. The van der Waals surface area contributed by atoms with Gasteiger partial charge < -0.3 is 20.9 Å². The van der Waals surface area contributed by atoms with E-state index in [0.29, 0.717) is 12.3 Å². The summed E-state index contributed by atoms with van der Waals surface area (Å²) < 4.78 is 5.20. The molecule has 0 saturated carbocycles. The Hall–Kier alpha value is -1.75. The Morgan fingerprint density at radius 2 is 2.22 bits per heavy atom.